The van der Waals surface area contributed by atoms with E-state index >= 15 is 0 Å². The minimum absolute atomic E-state index is 0.290. The SMILES string of the molecule is CCCNc1ncccc1-c1noc(C(Cc2ccc(C)c(C)c2)c2cc(F)cc(F)c2)n1. The molecule has 0 aliphatic rings. The number of nitrogens with zero attached hydrogens (tertiary/aromatic N) is 3. The molecule has 170 valence electrons. The molecule has 5 nitrogen and oxygen atoms in total. The van der Waals surface area contributed by atoms with Crippen molar-refractivity contribution in [1.29, 1.82) is 0 Å². The second-order valence-corrected chi connectivity index (χ2v) is 8.16. The van der Waals surface area contributed by atoms with Gasteiger partial charge in [-0.05, 0) is 73.2 Å². The van der Waals surface area contributed by atoms with Crippen LogP contribution in [0.5, 0.6) is 0 Å². The van der Waals surface area contributed by atoms with Crippen LogP contribution < -0.4 is 5.32 Å². The number of aryl methyl sites for hydroxylation is 2. The van der Waals surface area contributed by atoms with E-state index < -0.39 is 17.6 Å². The Labute approximate surface area is 191 Å². The van der Waals surface area contributed by atoms with E-state index in [1.165, 1.54) is 17.7 Å². The van der Waals surface area contributed by atoms with Crippen LogP contribution in [0.3, 0.4) is 0 Å². The summed E-state index contributed by atoms with van der Waals surface area (Å²) in [5.41, 5.74) is 4.48. The number of rotatable bonds is 8. The van der Waals surface area contributed by atoms with Gasteiger partial charge >= 0.3 is 0 Å². The molecule has 0 aliphatic heterocycles. The predicted molar refractivity (Wildman–Crippen MR) is 124 cm³/mol. The van der Waals surface area contributed by atoms with Crippen molar-refractivity contribution < 1.29 is 13.3 Å². The summed E-state index contributed by atoms with van der Waals surface area (Å²) in [6, 6.07) is 13.3. The van der Waals surface area contributed by atoms with Gasteiger partial charge in [-0.25, -0.2) is 13.8 Å². The highest BCUT2D eigenvalue weighted by Gasteiger charge is 2.24. The van der Waals surface area contributed by atoms with Gasteiger partial charge in [-0.3, -0.25) is 0 Å². The second-order valence-electron chi connectivity index (χ2n) is 8.16. The first kappa shape index (κ1) is 22.6. The zero-order chi connectivity index (χ0) is 23.4. The molecular formula is C26H26F2N4O. The molecule has 1 N–H and O–H groups in total. The number of hydrogen-bond donors (Lipinski definition) is 1. The number of aromatic nitrogens is 3. The van der Waals surface area contributed by atoms with Gasteiger partial charge in [0.2, 0.25) is 11.7 Å². The fourth-order valence-electron chi connectivity index (χ4n) is 3.75. The van der Waals surface area contributed by atoms with E-state index in [2.05, 4.69) is 33.4 Å². The van der Waals surface area contributed by atoms with Crippen molar-refractivity contribution in [2.75, 3.05) is 11.9 Å². The molecular weight excluding hydrogens is 422 g/mol. The number of halogens is 2. The summed E-state index contributed by atoms with van der Waals surface area (Å²) in [6.07, 6.45) is 3.09. The highest BCUT2D eigenvalue weighted by molar-refractivity contribution is 5.69. The minimum atomic E-state index is -0.645. The molecule has 2 aromatic carbocycles. The smallest absolute Gasteiger partial charge is 0.234 e. The Bertz CT molecular complexity index is 1230. The molecule has 4 aromatic rings. The van der Waals surface area contributed by atoms with Crippen molar-refractivity contribution >= 4 is 5.82 Å². The number of benzene rings is 2. The van der Waals surface area contributed by atoms with Crippen LogP contribution in [0.2, 0.25) is 0 Å². The number of hydrogen-bond acceptors (Lipinski definition) is 5. The van der Waals surface area contributed by atoms with Crippen molar-refractivity contribution in [3.63, 3.8) is 0 Å². The molecule has 0 aliphatic carbocycles. The van der Waals surface area contributed by atoms with Gasteiger partial charge in [0.15, 0.2) is 0 Å². The van der Waals surface area contributed by atoms with Gasteiger partial charge in [0.05, 0.1) is 11.5 Å². The highest BCUT2D eigenvalue weighted by atomic mass is 19.1. The van der Waals surface area contributed by atoms with Crippen molar-refractivity contribution in [1.82, 2.24) is 15.1 Å². The molecule has 0 radical (unpaired) electrons. The van der Waals surface area contributed by atoms with Crippen LogP contribution in [0, 0.1) is 25.5 Å². The van der Waals surface area contributed by atoms with Crippen LogP contribution in [0.4, 0.5) is 14.6 Å². The first-order chi connectivity index (χ1) is 15.9. The third-order valence-electron chi connectivity index (χ3n) is 5.63. The van der Waals surface area contributed by atoms with Crippen LogP contribution in [-0.2, 0) is 6.42 Å². The molecule has 7 heteroatoms. The maximum Gasteiger partial charge on any atom is 0.234 e. The zero-order valence-electron chi connectivity index (χ0n) is 18.9. The van der Waals surface area contributed by atoms with Gasteiger partial charge in [-0.1, -0.05) is 30.3 Å². The zero-order valence-corrected chi connectivity index (χ0v) is 18.9. The van der Waals surface area contributed by atoms with Gasteiger partial charge in [-0.2, -0.15) is 4.98 Å². The Kier molecular flexibility index (Phi) is 6.77. The molecule has 1 unspecified atom stereocenters. The van der Waals surface area contributed by atoms with Crippen LogP contribution in [-0.4, -0.2) is 21.7 Å². The molecule has 2 aromatic heterocycles. The maximum atomic E-state index is 14.1. The third kappa shape index (κ3) is 5.25. The van der Waals surface area contributed by atoms with Crippen LogP contribution in [0.15, 0.2) is 59.3 Å². The van der Waals surface area contributed by atoms with Crippen molar-refractivity contribution in [3.05, 3.63) is 94.5 Å². The molecule has 0 fully saturated rings. The van der Waals surface area contributed by atoms with Crippen LogP contribution >= 0.6 is 0 Å². The van der Waals surface area contributed by atoms with Crippen molar-refractivity contribution in [2.45, 2.75) is 39.5 Å². The Morgan fingerprint density at radius 1 is 1.00 bits per heavy atom. The highest BCUT2D eigenvalue weighted by Crippen LogP contribution is 2.32. The fourth-order valence-corrected chi connectivity index (χ4v) is 3.75. The maximum absolute atomic E-state index is 14.1. The van der Waals surface area contributed by atoms with Gasteiger partial charge < -0.3 is 9.84 Å². The van der Waals surface area contributed by atoms with E-state index in [0.717, 1.165) is 30.2 Å². The Hall–Kier alpha value is -3.61. The molecule has 0 amide bonds. The van der Waals surface area contributed by atoms with E-state index in [9.17, 15) is 8.78 Å². The summed E-state index contributed by atoms with van der Waals surface area (Å²) in [5.74, 6) is -0.477. The Morgan fingerprint density at radius 3 is 2.52 bits per heavy atom. The lowest BCUT2D eigenvalue weighted by molar-refractivity contribution is 0.364. The molecule has 0 spiro atoms. The molecule has 4 rings (SSSR count). The summed E-state index contributed by atoms with van der Waals surface area (Å²) in [7, 11) is 0. The summed E-state index contributed by atoms with van der Waals surface area (Å²) >= 11 is 0. The lowest BCUT2D eigenvalue weighted by atomic mass is 9.90. The quantitative estimate of drug-likeness (QED) is 0.347. The number of nitrogens with one attached hydrogen (secondary N) is 1. The summed E-state index contributed by atoms with van der Waals surface area (Å²) < 4.78 is 33.8. The van der Waals surface area contributed by atoms with E-state index in [1.807, 2.05) is 32.0 Å². The van der Waals surface area contributed by atoms with Crippen molar-refractivity contribution in [2.24, 2.45) is 0 Å². The second kappa shape index (κ2) is 9.90. The Balaban J connectivity index is 1.74. The summed E-state index contributed by atoms with van der Waals surface area (Å²) in [5, 5.41) is 7.43. The first-order valence-electron chi connectivity index (χ1n) is 11.0. The molecule has 2 heterocycles. The normalized spacial score (nSPS) is 12.0. The van der Waals surface area contributed by atoms with Gasteiger partial charge in [0.1, 0.15) is 17.5 Å². The average molecular weight is 449 g/mol. The average Bonchev–Trinajstić information content (AvgIpc) is 3.27. The van der Waals surface area contributed by atoms with E-state index in [-0.39, 0.29) is 0 Å². The predicted octanol–water partition coefficient (Wildman–Crippen LogP) is 6.22. The Morgan fingerprint density at radius 2 is 1.79 bits per heavy atom. The molecule has 1 atom stereocenters. The van der Waals surface area contributed by atoms with Gasteiger partial charge in [-0.15, -0.1) is 0 Å². The molecule has 0 saturated heterocycles. The number of anilines is 1. The van der Waals surface area contributed by atoms with E-state index in [4.69, 9.17) is 4.52 Å². The molecule has 33 heavy (non-hydrogen) atoms. The largest absolute Gasteiger partial charge is 0.369 e. The molecule has 0 saturated carbocycles. The number of pyridine rings is 1. The van der Waals surface area contributed by atoms with E-state index in [0.29, 0.717) is 35.1 Å². The third-order valence-corrected chi connectivity index (χ3v) is 5.63. The van der Waals surface area contributed by atoms with Gasteiger partial charge in [0, 0.05) is 18.8 Å². The van der Waals surface area contributed by atoms with E-state index in [1.54, 1.807) is 12.3 Å². The monoisotopic (exact) mass is 448 g/mol. The fraction of sp³-hybridized carbons (Fsp3) is 0.269. The lowest BCUT2D eigenvalue weighted by Gasteiger charge is -2.15. The van der Waals surface area contributed by atoms with Crippen LogP contribution in [0.1, 0.15) is 47.4 Å². The standard InChI is InChI=1S/C26H26F2N4O/c1-4-9-29-24-22(6-5-10-30-24)25-31-26(33-32-25)23(19-13-20(27)15-21(28)14-19)12-18-8-7-16(2)17(3)11-18/h5-8,10-11,13-15,23H,4,9,12H2,1-3H3,(H,29,30). The van der Waals surface area contributed by atoms with Crippen LogP contribution in [0.25, 0.3) is 11.4 Å². The minimum Gasteiger partial charge on any atom is -0.369 e. The topological polar surface area (TPSA) is 63.8 Å². The van der Waals surface area contributed by atoms with Gasteiger partial charge in [0.25, 0.3) is 0 Å². The lowest BCUT2D eigenvalue weighted by Crippen LogP contribution is -2.07. The van der Waals surface area contributed by atoms with Crippen molar-refractivity contribution in [3.8, 4) is 11.4 Å². The first-order valence-corrected chi connectivity index (χ1v) is 11.0. The molecule has 0 bridgehead atoms. The summed E-state index contributed by atoms with van der Waals surface area (Å²) in [4.78, 5) is 9.00. The summed E-state index contributed by atoms with van der Waals surface area (Å²) in [6.45, 7) is 6.90.